The molecule has 1 atom stereocenters. The van der Waals surface area contributed by atoms with Crippen molar-refractivity contribution in [2.24, 2.45) is 0 Å². The van der Waals surface area contributed by atoms with Crippen LogP contribution >= 0.6 is 0 Å². The van der Waals surface area contributed by atoms with Gasteiger partial charge < -0.3 is 15.7 Å². The highest BCUT2D eigenvalue weighted by molar-refractivity contribution is 5.75. The molecule has 2 aromatic carbocycles. The Bertz CT molecular complexity index is 570. The van der Waals surface area contributed by atoms with E-state index in [4.69, 9.17) is 5.11 Å². The van der Waals surface area contributed by atoms with Crippen molar-refractivity contribution in [2.75, 3.05) is 10.6 Å². The number of rotatable bonds is 6. The van der Waals surface area contributed by atoms with Gasteiger partial charge in [-0.3, -0.25) is 4.79 Å². The fourth-order valence-corrected chi connectivity index (χ4v) is 1.97. The van der Waals surface area contributed by atoms with Crippen LogP contribution in [0.4, 0.5) is 17.1 Å². The first-order valence-electron chi connectivity index (χ1n) is 6.54. The monoisotopic (exact) mass is 270 g/mol. The summed E-state index contributed by atoms with van der Waals surface area (Å²) in [6.07, 6.45) is 0.0830. The van der Waals surface area contributed by atoms with Crippen LogP contribution in [0.1, 0.15) is 13.3 Å². The van der Waals surface area contributed by atoms with Crippen LogP contribution in [0.3, 0.4) is 0 Å². The lowest BCUT2D eigenvalue weighted by molar-refractivity contribution is -0.137. The topological polar surface area (TPSA) is 61.4 Å². The van der Waals surface area contributed by atoms with Gasteiger partial charge in [0.25, 0.3) is 0 Å². The van der Waals surface area contributed by atoms with E-state index < -0.39 is 5.97 Å². The first kappa shape index (κ1) is 13.9. The fourth-order valence-electron chi connectivity index (χ4n) is 1.97. The fraction of sp³-hybridized carbons (Fsp3) is 0.188. The number of nitrogens with one attached hydrogen (secondary N) is 2. The van der Waals surface area contributed by atoms with Crippen molar-refractivity contribution in [2.45, 2.75) is 19.4 Å². The SMILES string of the molecule is CC(CC(=O)O)Nc1ccccc1Nc1ccccc1. The average Bonchev–Trinajstić information content (AvgIpc) is 2.41. The molecule has 0 saturated heterocycles. The molecule has 0 saturated carbocycles. The molecule has 0 aliphatic carbocycles. The minimum atomic E-state index is -0.807. The molecular formula is C16H18N2O2. The molecule has 0 aliphatic rings. The third-order valence-electron chi connectivity index (χ3n) is 2.86. The Balaban J connectivity index is 2.12. The lowest BCUT2D eigenvalue weighted by atomic mass is 10.2. The van der Waals surface area contributed by atoms with E-state index in [2.05, 4.69) is 10.6 Å². The zero-order chi connectivity index (χ0) is 14.4. The summed E-state index contributed by atoms with van der Waals surface area (Å²) in [5.74, 6) is -0.807. The van der Waals surface area contributed by atoms with Crippen molar-refractivity contribution in [3.05, 3.63) is 54.6 Å². The van der Waals surface area contributed by atoms with Gasteiger partial charge in [0.05, 0.1) is 17.8 Å². The van der Waals surface area contributed by atoms with Gasteiger partial charge in [0, 0.05) is 11.7 Å². The Morgan fingerprint density at radius 2 is 1.65 bits per heavy atom. The number of hydrogen-bond donors (Lipinski definition) is 3. The van der Waals surface area contributed by atoms with Crippen LogP contribution < -0.4 is 10.6 Å². The number of carboxylic acid groups (broad SMARTS) is 1. The van der Waals surface area contributed by atoms with E-state index in [1.165, 1.54) is 0 Å². The number of para-hydroxylation sites is 3. The van der Waals surface area contributed by atoms with Gasteiger partial charge in [-0.1, -0.05) is 30.3 Å². The Morgan fingerprint density at radius 1 is 1.05 bits per heavy atom. The number of anilines is 3. The van der Waals surface area contributed by atoms with Gasteiger partial charge in [0.15, 0.2) is 0 Å². The molecular weight excluding hydrogens is 252 g/mol. The Hall–Kier alpha value is -2.49. The summed E-state index contributed by atoms with van der Waals surface area (Å²) in [6, 6.07) is 17.5. The Labute approximate surface area is 118 Å². The van der Waals surface area contributed by atoms with Gasteiger partial charge in [0.1, 0.15) is 0 Å². The molecule has 0 radical (unpaired) electrons. The van der Waals surface area contributed by atoms with E-state index in [0.717, 1.165) is 17.1 Å². The second-order valence-electron chi connectivity index (χ2n) is 4.68. The van der Waals surface area contributed by atoms with E-state index in [1.807, 2.05) is 61.5 Å². The van der Waals surface area contributed by atoms with E-state index >= 15 is 0 Å². The number of hydrogen-bond acceptors (Lipinski definition) is 3. The highest BCUT2D eigenvalue weighted by Crippen LogP contribution is 2.25. The average molecular weight is 270 g/mol. The number of carboxylic acids is 1. The molecule has 4 heteroatoms. The smallest absolute Gasteiger partial charge is 0.305 e. The maximum absolute atomic E-state index is 10.7. The second-order valence-corrected chi connectivity index (χ2v) is 4.68. The van der Waals surface area contributed by atoms with Gasteiger partial charge in [-0.05, 0) is 31.2 Å². The van der Waals surface area contributed by atoms with E-state index in [1.54, 1.807) is 0 Å². The number of carbonyl (C=O) groups is 1. The molecule has 2 rings (SSSR count). The number of benzene rings is 2. The molecule has 3 N–H and O–H groups in total. The van der Waals surface area contributed by atoms with Crippen LogP contribution in [-0.2, 0) is 4.79 Å². The van der Waals surface area contributed by atoms with E-state index in [9.17, 15) is 4.79 Å². The van der Waals surface area contributed by atoms with Crippen LogP contribution in [0.2, 0.25) is 0 Å². The summed E-state index contributed by atoms with van der Waals surface area (Å²) in [4.78, 5) is 10.7. The van der Waals surface area contributed by atoms with Gasteiger partial charge in [-0.25, -0.2) is 0 Å². The Kier molecular flexibility index (Phi) is 4.60. The molecule has 104 valence electrons. The van der Waals surface area contributed by atoms with Gasteiger partial charge in [0.2, 0.25) is 0 Å². The zero-order valence-electron chi connectivity index (χ0n) is 11.3. The summed E-state index contributed by atoms with van der Waals surface area (Å²) in [6.45, 7) is 1.85. The maximum Gasteiger partial charge on any atom is 0.305 e. The third kappa shape index (κ3) is 4.02. The Morgan fingerprint density at radius 3 is 2.30 bits per heavy atom. The molecule has 0 fully saturated rings. The largest absolute Gasteiger partial charge is 0.481 e. The molecule has 0 spiro atoms. The first-order valence-corrected chi connectivity index (χ1v) is 6.54. The number of aliphatic carboxylic acids is 1. The lowest BCUT2D eigenvalue weighted by Gasteiger charge is -2.17. The van der Waals surface area contributed by atoms with E-state index in [0.29, 0.717) is 0 Å². The highest BCUT2D eigenvalue weighted by atomic mass is 16.4. The van der Waals surface area contributed by atoms with Crippen LogP contribution in [0.25, 0.3) is 0 Å². The summed E-state index contributed by atoms with van der Waals surface area (Å²) in [7, 11) is 0. The second kappa shape index (κ2) is 6.61. The molecule has 2 aromatic rings. The third-order valence-corrected chi connectivity index (χ3v) is 2.86. The quantitative estimate of drug-likeness (QED) is 0.749. The lowest BCUT2D eigenvalue weighted by Crippen LogP contribution is -2.19. The van der Waals surface area contributed by atoms with Crippen LogP contribution in [0, 0.1) is 0 Å². The van der Waals surface area contributed by atoms with Crippen molar-refractivity contribution in [3.8, 4) is 0 Å². The molecule has 0 bridgehead atoms. The minimum absolute atomic E-state index is 0.0830. The summed E-state index contributed by atoms with van der Waals surface area (Å²) in [5, 5.41) is 15.4. The minimum Gasteiger partial charge on any atom is -0.481 e. The maximum atomic E-state index is 10.7. The van der Waals surface area contributed by atoms with Crippen LogP contribution in [-0.4, -0.2) is 17.1 Å². The highest BCUT2D eigenvalue weighted by Gasteiger charge is 2.09. The molecule has 4 nitrogen and oxygen atoms in total. The predicted molar refractivity (Wildman–Crippen MR) is 81.5 cm³/mol. The van der Waals surface area contributed by atoms with Crippen LogP contribution in [0.5, 0.6) is 0 Å². The van der Waals surface area contributed by atoms with Crippen molar-refractivity contribution in [1.82, 2.24) is 0 Å². The summed E-state index contributed by atoms with van der Waals surface area (Å²) >= 11 is 0. The molecule has 0 amide bonds. The predicted octanol–water partition coefficient (Wildman–Crippen LogP) is 3.71. The summed E-state index contributed by atoms with van der Waals surface area (Å²) < 4.78 is 0. The molecule has 1 unspecified atom stereocenters. The molecule has 0 aliphatic heterocycles. The van der Waals surface area contributed by atoms with Crippen molar-refractivity contribution >= 4 is 23.0 Å². The van der Waals surface area contributed by atoms with Gasteiger partial charge in [-0.15, -0.1) is 0 Å². The van der Waals surface area contributed by atoms with Crippen molar-refractivity contribution in [3.63, 3.8) is 0 Å². The first-order chi connectivity index (χ1) is 9.65. The standard InChI is InChI=1S/C16H18N2O2/c1-12(11-16(19)20)17-14-9-5-6-10-15(14)18-13-7-3-2-4-8-13/h2-10,12,17-18H,11H2,1H3,(H,19,20). The van der Waals surface area contributed by atoms with Gasteiger partial charge >= 0.3 is 5.97 Å². The van der Waals surface area contributed by atoms with Crippen molar-refractivity contribution in [1.29, 1.82) is 0 Å². The van der Waals surface area contributed by atoms with Crippen LogP contribution in [0.15, 0.2) is 54.6 Å². The summed E-state index contributed by atoms with van der Waals surface area (Å²) in [5.41, 5.74) is 2.81. The molecule has 0 heterocycles. The normalized spacial score (nSPS) is 11.7. The van der Waals surface area contributed by atoms with Gasteiger partial charge in [-0.2, -0.15) is 0 Å². The van der Waals surface area contributed by atoms with E-state index in [-0.39, 0.29) is 12.5 Å². The van der Waals surface area contributed by atoms with Crippen molar-refractivity contribution < 1.29 is 9.90 Å². The molecule has 0 aromatic heterocycles. The zero-order valence-corrected chi connectivity index (χ0v) is 11.3. The molecule has 20 heavy (non-hydrogen) atoms.